The van der Waals surface area contributed by atoms with E-state index in [0.29, 0.717) is 24.7 Å². The van der Waals surface area contributed by atoms with Gasteiger partial charge in [-0.15, -0.1) is 0 Å². The van der Waals surface area contributed by atoms with Gasteiger partial charge in [-0.05, 0) is 37.9 Å². The fourth-order valence-corrected chi connectivity index (χ4v) is 2.26. The van der Waals surface area contributed by atoms with Crippen LogP contribution < -0.4 is 10.2 Å². The number of benzene rings is 1. The van der Waals surface area contributed by atoms with Gasteiger partial charge in [-0.1, -0.05) is 26.0 Å². The van der Waals surface area contributed by atoms with Gasteiger partial charge < -0.3 is 15.3 Å². The van der Waals surface area contributed by atoms with Crippen LogP contribution in [-0.2, 0) is 6.54 Å². The highest BCUT2D eigenvalue weighted by Gasteiger charge is 2.18. The minimum absolute atomic E-state index is 0.0192. The van der Waals surface area contributed by atoms with Gasteiger partial charge in [0.25, 0.3) is 0 Å². The summed E-state index contributed by atoms with van der Waals surface area (Å²) in [4.78, 5) is 1.92. The summed E-state index contributed by atoms with van der Waals surface area (Å²) < 4.78 is 14.2. The lowest BCUT2D eigenvalue weighted by atomic mass is 10.1. The summed E-state index contributed by atoms with van der Waals surface area (Å²) in [6, 6.07) is 5.30. The molecule has 0 unspecified atom stereocenters. The maximum absolute atomic E-state index is 14.2. The third-order valence-corrected chi connectivity index (χ3v) is 3.19. The molecule has 114 valence electrons. The molecule has 0 saturated heterocycles. The summed E-state index contributed by atoms with van der Waals surface area (Å²) >= 11 is 0. The van der Waals surface area contributed by atoms with Crippen LogP contribution in [0.25, 0.3) is 0 Å². The number of nitrogens with one attached hydrogen (secondary N) is 1. The number of para-hydroxylation sites is 1. The van der Waals surface area contributed by atoms with E-state index in [9.17, 15) is 9.50 Å². The van der Waals surface area contributed by atoms with Gasteiger partial charge in [0.05, 0.1) is 12.3 Å². The summed E-state index contributed by atoms with van der Waals surface area (Å²) in [5.41, 5.74) is 1.54. The summed E-state index contributed by atoms with van der Waals surface area (Å²) in [6.45, 7) is 10.3. The van der Waals surface area contributed by atoms with Crippen molar-refractivity contribution in [1.29, 1.82) is 0 Å². The Bertz CT molecular complexity index is 407. The van der Waals surface area contributed by atoms with Crippen molar-refractivity contribution in [2.24, 2.45) is 5.92 Å². The molecule has 0 bridgehead atoms. The molecule has 0 atom stereocenters. The van der Waals surface area contributed by atoms with Crippen LogP contribution in [0.15, 0.2) is 18.2 Å². The van der Waals surface area contributed by atoms with Crippen molar-refractivity contribution in [2.45, 2.75) is 40.3 Å². The van der Waals surface area contributed by atoms with Crippen LogP contribution in [0, 0.1) is 11.7 Å². The van der Waals surface area contributed by atoms with Gasteiger partial charge in [-0.2, -0.15) is 0 Å². The first-order valence-corrected chi connectivity index (χ1v) is 7.33. The molecule has 0 spiro atoms. The number of hydrogen-bond donors (Lipinski definition) is 2. The van der Waals surface area contributed by atoms with Crippen molar-refractivity contribution < 1.29 is 9.50 Å². The Morgan fingerprint density at radius 2 is 1.95 bits per heavy atom. The van der Waals surface area contributed by atoms with Crippen LogP contribution in [0.4, 0.5) is 10.1 Å². The lowest BCUT2D eigenvalue weighted by Gasteiger charge is -2.30. The van der Waals surface area contributed by atoms with E-state index in [1.165, 1.54) is 6.07 Å². The summed E-state index contributed by atoms with van der Waals surface area (Å²) in [6.07, 6.45) is 0. The van der Waals surface area contributed by atoms with E-state index in [1.807, 2.05) is 24.8 Å². The Labute approximate surface area is 121 Å². The summed E-state index contributed by atoms with van der Waals surface area (Å²) in [5.74, 6) is 0.335. The van der Waals surface area contributed by atoms with Crippen LogP contribution in [0.2, 0.25) is 0 Å². The standard InChI is InChI=1S/C16H27FN2O/c1-12(2)10-18-11-14-6-5-7-15(17)16(14)19(8-9-20)13(3)4/h5-7,12-13,18,20H,8-11H2,1-4H3. The molecule has 1 aromatic carbocycles. The number of nitrogens with zero attached hydrogens (tertiary/aromatic N) is 1. The number of aliphatic hydroxyl groups is 1. The van der Waals surface area contributed by atoms with Crippen molar-refractivity contribution >= 4 is 5.69 Å². The lowest BCUT2D eigenvalue weighted by molar-refractivity contribution is 0.298. The molecule has 20 heavy (non-hydrogen) atoms. The number of hydrogen-bond acceptors (Lipinski definition) is 3. The lowest BCUT2D eigenvalue weighted by Crippen LogP contribution is -2.35. The molecular formula is C16H27FN2O. The molecule has 0 aliphatic carbocycles. The fourth-order valence-electron chi connectivity index (χ4n) is 2.26. The van der Waals surface area contributed by atoms with Gasteiger partial charge in [0.2, 0.25) is 0 Å². The van der Waals surface area contributed by atoms with Gasteiger partial charge in [-0.25, -0.2) is 4.39 Å². The second-order valence-electron chi connectivity index (χ2n) is 5.78. The van der Waals surface area contributed by atoms with Gasteiger partial charge in [-0.3, -0.25) is 0 Å². The Balaban J connectivity index is 2.96. The quantitative estimate of drug-likeness (QED) is 0.769. The first-order valence-electron chi connectivity index (χ1n) is 7.33. The SMILES string of the molecule is CC(C)CNCc1cccc(F)c1N(CCO)C(C)C. The van der Waals surface area contributed by atoms with Crippen LogP contribution >= 0.6 is 0 Å². The molecule has 0 aromatic heterocycles. The Kier molecular flexibility index (Phi) is 6.96. The van der Waals surface area contributed by atoms with Gasteiger partial charge >= 0.3 is 0 Å². The Hall–Kier alpha value is -1.13. The summed E-state index contributed by atoms with van der Waals surface area (Å²) in [7, 11) is 0. The van der Waals surface area contributed by atoms with Gasteiger partial charge in [0.15, 0.2) is 0 Å². The van der Waals surface area contributed by atoms with Crippen molar-refractivity contribution in [2.75, 3.05) is 24.6 Å². The molecular weight excluding hydrogens is 255 g/mol. The smallest absolute Gasteiger partial charge is 0.146 e. The molecule has 2 N–H and O–H groups in total. The van der Waals surface area contributed by atoms with Crippen LogP contribution in [0.5, 0.6) is 0 Å². The van der Waals surface area contributed by atoms with Crippen LogP contribution in [0.3, 0.4) is 0 Å². The molecule has 0 aliphatic heterocycles. The minimum atomic E-state index is -0.226. The highest BCUT2D eigenvalue weighted by molar-refractivity contribution is 5.55. The molecule has 1 rings (SSSR count). The average molecular weight is 282 g/mol. The van der Waals surface area contributed by atoms with E-state index in [0.717, 1.165) is 12.1 Å². The third kappa shape index (κ3) is 4.76. The predicted molar refractivity (Wildman–Crippen MR) is 82.5 cm³/mol. The zero-order valence-electron chi connectivity index (χ0n) is 13.0. The van der Waals surface area contributed by atoms with E-state index in [2.05, 4.69) is 19.2 Å². The molecule has 0 saturated carbocycles. The zero-order valence-corrected chi connectivity index (χ0v) is 13.0. The minimum Gasteiger partial charge on any atom is -0.395 e. The molecule has 0 amide bonds. The number of rotatable bonds is 8. The van der Waals surface area contributed by atoms with Crippen molar-refractivity contribution in [1.82, 2.24) is 5.32 Å². The number of anilines is 1. The second kappa shape index (κ2) is 8.22. The molecule has 0 fully saturated rings. The Morgan fingerprint density at radius 1 is 1.25 bits per heavy atom. The van der Waals surface area contributed by atoms with Crippen molar-refractivity contribution in [3.63, 3.8) is 0 Å². The topological polar surface area (TPSA) is 35.5 Å². The van der Waals surface area contributed by atoms with Crippen LogP contribution in [-0.4, -0.2) is 30.8 Å². The molecule has 0 heterocycles. The van der Waals surface area contributed by atoms with Crippen molar-refractivity contribution in [3.05, 3.63) is 29.6 Å². The second-order valence-corrected chi connectivity index (χ2v) is 5.78. The van der Waals surface area contributed by atoms with E-state index < -0.39 is 0 Å². The highest BCUT2D eigenvalue weighted by Crippen LogP contribution is 2.26. The summed E-state index contributed by atoms with van der Waals surface area (Å²) in [5, 5.41) is 12.5. The highest BCUT2D eigenvalue weighted by atomic mass is 19.1. The Morgan fingerprint density at radius 3 is 2.50 bits per heavy atom. The van der Waals surface area contributed by atoms with E-state index in [-0.39, 0.29) is 18.5 Å². The fraction of sp³-hybridized carbons (Fsp3) is 0.625. The van der Waals surface area contributed by atoms with E-state index in [1.54, 1.807) is 6.07 Å². The predicted octanol–water partition coefficient (Wildman–Crippen LogP) is 2.78. The maximum atomic E-state index is 14.2. The molecule has 4 heteroatoms. The zero-order chi connectivity index (χ0) is 15.1. The number of aliphatic hydroxyl groups excluding tert-OH is 1. The normalized spacial score (nSPS) is 11.4. The van der Waals surface area contributed by atoms with Crippen LogP contribution in [0.1, 0.15) is 33.3 Å². The number of halogens is 1. The van der Waals surface area contributed by atoms with Gasteiger partial charge in [0, 0.05) is 19.1 Å². The third-order valence-electron chi connectivity index (χ3n) is 3.19. The molecule has 1 aromatic rings. The molecule has 0 radical (unpaired) electrons. The molecule has 3 nitrogen and oxygen atoms in total. The first kappa shape index (κ1) is 16.9. The monoisotopic (exact) mass is 282 g/mol. The molecule has 0 aliphatic rings. The maximum Gasteiger partial charge on any atom is 0.146 e. The van der Waals surface area contributed by atoms with E-state index >= 15 is 0 Å². The first-order chi connectivity index (χ1) is 9.47. The van der Waals surface area contributed by atoms with Gasteiger partial charge in [0.1, 0.15) is 5.82 Å². The van der Waals surface area contributed by atoms with E-state index in [4.69, 9.17) is 0 Å². The average Bonchev–Trinajstić information content (AvgIpc) is 2.36. The van der Waals surface area contributed by atoms with Crippen molar-refractivity contribution in [3.8, 4) is 0 Å². The largest absolute Gasteiger partial charge is 0.395 e.